The van der Waals surface area contributed by atoms with E-state index in [1.165, 1.54) is 0 Å². The van der Waals surface area contributed by atoms with Crippen LogP contribution >= 0.6 is 11.6 Å². The Balaban J connectivity index is 1.80. The number of rotatable bonds is 4. The fourth-order valence-electron chi connectivity index (χ4n) is 4.25. The van der Waals surface area contributed by atoms with Crippen molar-refractivity contribution in [3.8, 4) is 5.75 Å². The molecule has 5 rings (SSSR count). The second kappa shape index (κ2) is 7.84. The molecule has 1 atom stereocenters. The SMILES string of the molecule is CCOc1cccc(C2c3c(oc4ccc(Cl)cc4c3=O)C(=O)N2c2cccc(C)c2)c1. The molecule has 1 aromatic heterocycles. The van der Waals surface area contributed by atoms with Gasteiger partial charge in [0, 0.05) is 10.7 Å². The summed E-state index contributed by atoms with van der Waals surface area (Å²) in [5.41, 5.74) is 2.83. The molecule has 1 aliphatic rings. The quantitative estimate of drug-likeness (QED) is 0.392. The van der Waals surface area contributed by atoms with Gasteiger partial charge < -0.3 is 9.15 Å². The fourth-order valence-corrected chi connectivity index (χ4v) is 4.42. The molecule has 5 nitrogen and oxygen atoms in total. The van der Waals surface area contributed by atoms with Crippen LogP contribution < -0.4 is 15.1 Å². The van der Waals surface area contributed by atoms with E-state index in [1.54, 1.807) is 23.1 Å². The third-order valence-electron chi connectivity index (χ3n) is 5.60. The average molecular weight is 446 g/mol. The third kappa shape index (κ3) is 3.26. The molecular formula is C26H20ClNO4. The molecule has 6 heteroatoms. The van der Waals surface area contributed by atoms with Crippen molar-refractivity contribution in [3.63, 3.8) is 0 Å². The van der Waals surface area contributed by atoms with Crippen molar-refractivity contribution < 1.29 is 13.9 Å². The highest BCUT2D eigenvalue weighted by Crippen LogP contribution is 2.42. The predicted molar refractivity (Wildman–Crippen MR) is 125 cm³/mol. The number of carbonyl (C=O) groups is 1. The van der Waals surface area contributed by atoms with Crippen LogP contribution in [0.2, 0.25) is 5.02 Å². The molecule has 0 N–H and O–H groups in total. The topological polar surface area (TPSA) is 59.8 Å². The zero-order valence-electron chi connectivity index (χ0n) is 17.6. The summed E-state index contributed by atoms with van der Waals surface area (Å²) in [6.45, 7) is 4.38. The van der Waals surface area contributed by atoms with Gasteiger partial charge in [0.2, 0.25) is 5.76 Å². The zero-order chi connectivity index (χ0) is 22.4. The summed E-state index contributed by atoms with van der Waals surface area (Å²) in [7, 11) is 0. The van der Waals surface area contributed by atoms with Crippen LogP contribution in [0, 0.1) is 6.92 Å². The van der Waals surface area contributed by atoms with Gasteiger partial charge >= 0.3 is 0 Å². The number of amides is 1. The highest BCUT2D eigenvalue weighted by Gasteiger charge is 2.43. The standard InChI is InChI=1S/C26H20ClNO4/c1-3-31-19-9-5-7-16(13-19)23-22-24(29)20-14-17(27)10-11-21(20)32-25(22)26(30)28(23)18-8-4-6-15(2)12-18/h4-14,23H,3H2,1-2H3. The van der Waals surface area contributed by atoms with Crippen molar-refractivity contribution in [1.82, 2.24) is 0 Å². The predicted octanol–water partition coefficient (Wildman–Crippen LogP) is 5.90. The van der Waals surface area contributed by atoms with Gasteiger partial charge in [0.25, 0.3) is 5.91 Å². The van der Waals surface area contributed by atoms with Gasteiger partial charge in [-0.1, -0.05) is 35.9 Å². The van der Waals surface area contributed by atoms with E-state index in [0.29, 0.717) is 39.6 Å². The molecule has 32 heavy (non-hydrogen) atoms. The Morgan fingerprint density at radius 3 is 2.62 bits per heavy atom. The van der Waals surface area contributed by atoms with Crippen LogP contribution in [0.15, 0.2) is 75.9 Å². The van der Waals surface area contributed by atoms with Crippen molar-refractivity contribution in [3.05, 3.63) is 104 Å². The molecule has 2 heterocycles. The molecule has 0 radical (unpaired) electrons. The number of hydrogen-bond donors (Lipinski definition) is 0. The van der Waals surface area contributed by atoms with E-state index in [2.05, 4.69) is 0 Å². The molecule has 0 fully saturated rings. The van der Waals surface area contributed by atoms with Crippen molar-refractivity contribution in [2.24, 2.45) is 0 Å². The van der Waals surface area contributed by atoms with Gasteiger partial charge in [-0.25, -0.2) is 0 Å². The van der Waals surface area contributed by atoms with Crippen molar-refractivity contribution >= 4 is 34.2 Å². The van der Waals surface area contributed by atoms with Crippen molar-refractivity contribution in [2.45, 2.75) is 19.9 Å². The molecule has 0 saturated carbocycles. The Bertz CT molecular complexity index is 1430. The minimum atomic E-state index is -0.653. The Labute approximate surface area is 189 Å². The van der Waals surface area contributed by atoms with Crippen LogP contribution in [0.4, 0.5) is 5.69 Å². The van der Waals surface area contributed by atoms with Crippen LogP contribution in [-0.2, 0) is 0 Å². The van der Waals surface area contributed by atoms with E-state index >= 15 is 0 Å². The number of ether oxygens (including phenoxy) is 1. The maximum atomic E-state index is 13.6. The molecular weight excluding hydrogens is 426 g/mol. The Kier molecular flexibility index (Phi) is 4.98. The first-order valence-electron chi connectivity index (χ1n) is 10.4. The highest BCUT2D eigenvalue weighted by molar-refractivity contribution is 6.31. The monoisotopic (exact) mass is 445 g/mol. The number of fused-ring (bicyclic) bond motifs is 2. The summed E-state index contributed by atoms with van der Waals surface area (Å²) in [6.07, 6.45) is 0. The number of carbonyl (C=O) groups excluding carboxylic acids is 1. The van der Waals surface area contributed by atoms with Crippen LogP contribution in [-0.4, -0.2) is 12.5 Å². The second-order valence-corrected chi connectivity index (χ2v) is 8.17. The van der Waals surface area contributed by atoms with E-state index in [4.69, 9.17) is 20.8 Å². The first-order valence-corrected chi connectivity index (χ1v) is 10.7. The van der Waals surface area contributed by atoms with Gasteiger partial charge in [-0.05, 0) is 67.4 Å². The summed E-state index contributed by atoms with van der Waals surface area (Å²) in [5.74, 6) is 0.368. The molecule has 160 valence electrons. The molecule has 0 saturated heterocycles. The number of aryl methyl sites for hydroxylation is 1. The van der Waals surface area contributed by atoms with Crippen LogP contribution in [0.3, 0.4) is 0 Å². The first-order chi connectivity index (χ1) is 15.5. The molecule has 4 aromatic rings. The Morgan fingerprint density at radius 1 is 1.03 bits per heavy atom. The van der Waals surface area contributed by atoms with Crippen molar-refractivity contribution in [1.29, 1.82) is 0 Å². The molecule has 3 aromatic carbocycles. The van der Waals surface area contributed by atoms with E-state index in [0.717, 1.165) is 11.1 Å². The Morgan fingerprint density at radius 2 is 1.84 bits per heavy atom. The number of benzene rings is 3. The lowest BCUT2D eigenvalue weighted by molar-refractivity contribution is 0.0971. The average Bonchev–Trinajstić information content (AvgIpc) is 3.07. The molecule has 0 spiro atoms. The van der Waals surface area contributed by atoms with E-state index in [-0.39, 0.29) is 17.1 Å². The smallest absolute Gasteiger partial charge is 0.295 e. The third-order valence-corrected chi connectivity index (χ3v) is 5.83. The summed E-state index contributed by atoms with van der Waals surface area (Å²) in [5, 5.41) is 0.778. The van der Waals surface area contributed by atoms with Gasteiger partial charge in [0.1, 0.15) is 11.3 Å². The summed E-state index contributed by atoms with van der Waals surface area (Å²) in [4.78, 5) is 28.8. The summed E-state index contributed by atoms with van der Waals surface area (Å²) < 4.78 is 11.7. The lowest BCUT2D eigenvalue weighted by atomic mass is 9.98. The van der Waals surface area contributed by atoms with E-state index in [9.17, 15) is 9.59 Å². The molecule has 0 bridgehead atoms. The normalized spacial score (nSPS) is 15.3. The number of halogens is 1. The van der Waals surface area contributed by atoms with Gasteiger partial charge in [0.05, 0.1) is 23.6 Å². The lowest BCUT2D eigenvalue weighted by Gasteiger charge is -2.26. The highest BCUT2D eigenvalue weighted by atomic mass is 35.5. The van der Waals surface area contributed by atoms with Crippen LogP contribution in [0.5, 0.6) is 5.75 Å². The lowest BCUT2D eigenvalue weighted by Crippen LogP contribution is -2.29. The van der Waals surface area contributed by atoms with E-state index < -0.39 is 6.04 Å². The Hall–Kier alpha value is -3.57. The van der Waals surface area contributed by atoms with Crippen molar-refractivity contribution in [2.75, 3.05) is 11.5 Å². The van der Waals surface area contributed by atoms with Crippen LogP contribution in [0.1, 0.15) is 40.2 Å². The minimum Gasteiger partial charge on any atom is -0.494 e. The van der Waals surface area contributed by atoms with Crippen LogP contribution in [0.25, 0.3) is 11.0 Å². The van der Waals surface area contributed by atoms with Gasteiger partial charge in [-0.3, -0.25) is 14.5 Å². The van der Waals surface area contributed by atoms with Gasteiger partial charge in [-0.2, -0.15) is 0 Å². The van der Waals surface area contributed by atoms with E-state index in [1.807, 2.05) is 62.4 Å². The molecule has 1 aliphatic heterocycles. The first kappa shape index (κ1) is 20.3. The number of anilines is 1. The summed E-state index contributed by atoms with van der Waals surface area (Å²) in [6, 6.07) is 19.3. The summed E-state index contributed by atoms with van der Waals surface area (Å²) >= 11 is 6.15. The minimum absolute atomic E-state index is 0.0538. The maximum absolute atomic E-state index is 13.6. The largest absolute Gasteiger partial charge is 0.494 e. The fraction of sp³-hybridized carbons (Fsp3) is 0.154. The zero-order valence-corrected chi connectivity index (χ0v) is 18.3. The maximum Gasteiger partial charge on any atom is 0.295 e. The van der Waals surface area contributed by atoms with Gasteiger partial charge in [0.15, 0.2) is 5.43 Å². The second-order valence-electron chi connectivity index (χ2n) is 7.74. The van der Waals surface area contributed by atoms with Gasteiger partial charge in [-0.15, -0.1) is 0 Å². The molecule has 1 unspecified atom stereocenters. The number of nitrogens with zero attached hydrogens (tertiary/aromatic N) is 1. The molecule has 1 amide bonds. The number of hydrogen-bond acceptors (Lipinski definition) is 4. The molecule has 0 aliphatic carbocycles.